The van der Waals surface area contributed by atoms with E-state index in [1.807, 2.05) is 6.07 Å². The van der Waals surface area contributed by atoms with Crippen LogP contribution in [-0.4, -0.2) is 33.1 Å². The van der Waals surface area contributed by atoms with Crippen LogP contribution in [0.2, 0.25) is 0 Å². The van der Waals surface area contributed by atoms with Gasteiger partial charge in [0.15, 0.2) is 6.29 Å². The molecule has 0 spiro atoms. The van der Waals surface area contributed by atoms with Gasteiger partial charge in [0.2, 0.25) is 0 Å². The van der Waals surface area contributed by atoms with Gasteiger partial charge >= 0.3 is 0 Å². The van der Waals surface area contributed by atoms with Crippen LogP contribution in [-0.2, 0) is 0 Å². The van der Waals surface area contributed by atoms with Crippen molar-refractivity contribution in [3.8, 4) is 17.9 Å². The summed E-state index contributed by atoms with van der Waals surface area (Å²) in [4.78, 5) is 18.3. The molecule has 0 saturated heterocycles. The van der Waals surface area contributed by atoms with Crippen molar-refractivity contribution in [2.45, 2.75) is 0 Å². The molecular weight excluding hydrogens is 222 g/mol. The number of nitrogens with zero attached hydrogens (tertiary/aromatic N) is 5. The number of nitriles is 1. The summed E-state index contributed by atoms with van der Waals surface area (Å²) in [5, 5.41) is 12.8. The molecule has 0 aromatic carbocycles. The fraction of sp³-hybridized carbons (Fsp3) is 0.100. The normalized spacial score (nSPS) is 9.65. The monoisotopic (exact) mass is 229 g/mol. The van der Waals surface area contributed by atoms with Gasteiger partial charge in [-0.05, 0) is 0 Å². The Morgan fingerprint density at radius 2 is 2.18 bits per heavy atom. The molecule has 7 heteroatoms. The average Bonchev–Trinajstić information content (AvgIpc) is 2.82. The maximum atomic E-state index is 10.4. The molecule has 84 valence electrons. The number of rotatable bonds is 3. The predicted molar refractivity (Wildman–Crippen MR) is 55.8 cm³/mol. The summed E-state index contributed by atoms with van der Waals surface area (Å²) < 4.78 is 6.23. The number of aromatic nitrogens is 4. The summed E-state index contributed by atoms with van der Waals surface area (Å²) in [5.74, 6) is 0.464. The highest BCUT2D eigenvalue weighted by Crippen LogP contribution is 2.15. The Hall–Kier alpha value is -2.75. The Bertz CT molecular complexity index is 582. The Morgan fingerprint density at radius 3 is 2.65 bits per heavy atom. The first-order chi connectivity index (χ1) is 8.28. The number of carbonyl (C=O) groups is 1. The summed E-state index contributed by atoms with van der Waals surface area (Å²) in [7, 11) is 1.42. The van der Waals surface area contributed by atoms with E-state index in [9.17, 15) is 4.79 Å². The maximum absolute atomic E-state index is 10.4. The molecule has 0 saturated carbocycles. The lowest BCUT2D eigenvalue weighted by molar-refractivity contribution is 0.112. The molecule has 2 rings (SSSR count). The van der Waals surface area contributed by atoms with Gasteiger partial charge in [-0.1, -0.05) is 0 Å². The van der Waals surface area contributed by atoms with Gasteiger partial charge in [-0.15, -0.1) is 5.10 Å². The highest BCUT2D eigenvalue weighted by Gasteiger charge is 2.11. The second-order valence-corrected chi connectivity index (χ2v) is 3.04. The van der Waals surface area contributed by atoms with E-state index in [2.05, 4.69) is 15.1 Å². The highest BCUT2D eigenvalue weighted by atomic mass is 16.5. The fourth-order valence-corrected chi connectivity index (χ4v) is 1.20. The zero-order valence-corrected chi connectivity index (χ0v) is 8.86. The van der Waals surface area contributed by atoms with Crippen LogP contribution in [0, 0.1) is 11.3 Å². The molecule has 0 aliphatic carbocycles. The van der Waals surface area contributed by atoms with Crippen molar-refractivity contribution in [1.29, 1.82) is 5.26 Å². The molecule has 17 heavy (non-hydrogen) atoms. The molecule has 0 radical (unpaired) electrons. The molecule has 2 aromatic heterocycles. The molecule has 2 heterocycles. The van der Waals surface area contributed by atoms with Gasteiger partial charge in [0.05, 0.1) is 18.9 Å². The molecule has 0 N–H and O–H groups in total. The van der Waals surface area contributed by atoms with E-state index in [1.54, 1.807) is 0 Å². The van der Waals surface area contributed by atoms with E-state index in [0.717, 1.165) is 0 Å². The Morgan fingerprint density at radius 1 is 1.47 bits per heavy atom. The predicted octanol–water partition coefficient (Wildman–Crippen LogP) is 0.355. The zero-order chi connectivity index (χ0) is 12.3. The molecule has 0 unspecified atom stereocenters. The standard InChI is InChI=1S/C10H7N5O2/c1-17-9-8(2-11)5-15(14-9)10-12-3-7(6-16)4-13-10/h3-6H,1H3. The third-order valence-electron chi connectivity index (χ3n) is 1.99. The maximum Gasteiger partial charge on any atom is 0.251 e. The Kier molecular flexibility index (Phi) is 2.79. The first-order valence-electron chi connectivity index (χ1n) is 4.60. The summed E-state index contributed by atoms with van der Waals surface area (Å²) >= 11 is 0. The van der Waals surface area contributed by atoms with Crippen LogP contribution in [0.4, 0.5) is 0 Å². The minimum Gasteiger partial charge on any atom is -0.479 e. The van der Waals surface area contributed by atoms with E-state index in [4.69, 9.17) is 10.00 Å². The smallest absolute Gasteiger partial charge is 0.251 e. The topological polar surface area (TPSA) is 93.7 Å². The van der Waals surface area contributed by atoms with E-state index in [0.29, 0.717) is 11.8 Å². The van der Waals surface area contributed by atoms with Crippen molar-refractivity contribution in [2.24, 2.45) is 0 Å². The van der Waals surface area contributed by atoms with Crippen LogP contribution < -0.4 is 4.74 Å². The number of carbonyl (C=O) groups excluding carboxylic acids is 1. The molecule has 0 amide bonds. The van der Waals surface area contributed by atoms with Crippen LogP contribution in [0.15, 0.2) is 18.6 Å². The first kappa shape index (κ1) is 10.8. The summed E-state index contributed by atoms with van der Waals surface area (Å²) in [5.41, 5.74) is 0.656. The summed E-state index contributed by atoms with van der Waals surface area (Å²) in [6.45, 7) is 0. The van der Waals surface area contributed by atoms with Crippen LogP contribution in [0.1, 0.15) is 15.9 Å². The van der Waals surface area contributed by atoms with Crippen molar-refractivity contribution < 1.29 is 9.53 Å². The molecule has 2 aromatic rings. The average molecular weight is 229 g/mol. The lowest BCUT2D eigenvalue weighted by Crippen LogP contribution is -2.02. The van der Waals surface area contributed by atoms with Crippen molar-refractivity contribution in [1.82, 2.24) is 19.7 Å². The number of methoxy groups -OCH3 is 1. The molecule has 0 aliphatic heterocycles. The first-order valence-corrected chi connectivity index (χ1v) is 4.60. The van der Waals surface area contributed by atoms with Gasteiger partial charge in [-0.25, -0.2) is 14.6 Å². The molecule has 0 fully saturated rings. The third-order valence-corrected chi connectivity index (χ3v) is 1.99. The second kappa shape index (κ2) is 4.40. The highest BCUT2D eigenvalue weighted by molar-refractivity contribution is 5.73. The lowest BCUT2D eigenvalue weighted by atomic mass is 10.4. The van der Waals surface area contributed by atoms with Crippen molar-refractivity contribution in [3.05, 3.63) is 29.7 Å². The van der Waals surface area contributed by atoms with E-state index in [-0.39, 0.29) is 17.4 Å². The van der Waals surface area contributed by atoms with Gasteiger partial charge in [-0.3, -0.25) is 4.79 Å². The van der Waals surface area contributed by atoms with Crippen molar-refractivity contribution in [3.63, 3.8) is 0 Å². The number of hydrogen-bond donors (Lipinski definition) is 0. The number of hydrogen-bond acceptors (Lipinski definition) is 6. The van der Waals surface area contributed by atoms with E-state index >= 15 is 0 Å². The molecule has 0 bridgehead atoms. The van der Waals surface area contributed by atoms with E-state index < -0.39 is 0 Å². The fourth-order valence-electron chi connectivity index (χ4n) is 1.20. The van der Waals surface area contributed by atoms with Gasteiger partial charge in [0.1, 0.15) is 11.6 Å². The second-order valence-electron chi connectivity index (χ2n) is 3.04. The van der Waals surface area contributed by atoms with Crippen LogP contribution in [0.5, 0.6) is 5.88 Å². The molecular formula is C10H7N5O2. The van der Waals surface area contributed by atoms with Crippen LogP contribution in [0.25, 0.3) is 5.95 Å². The van der Waals surface area contributed by atoms with Crippen LogP contribution in [0.3, 0.4) is 0 Å². The third kappa shape index (κ3) is 1.96. The van der Waals surface area contributed by atoms with E-state index in [1.165, 1.54) is 30.4 Å². The van der Waals surface area contributed by atoms with Gasteiger partial charge in [-0.2, -0.15) is 5.26 Å². The largest absolute Gasteiger partial charge is 0.479 e. The number of aldehydes is 1. The Balaban J connectivity index is 2.42. The summed E-state index contributed by atoms with van der Waals surface area (Å²) in [6.07, 6.45) is 4.84. The SMILES string of the molecule is COc1nn(-c2ncc(C=O)cn2)cc1C#N. The number of ether oxygens (including phenoxy) is 1. The molecule has 0 atom stereocenters. The summed E-state index contributed by atoms with van der Waals surface area (Å²) in [6, 6.07) is 1.94. The van der Waals surface area contributed by atoms with Gasteiger partial charge in [0.25, 0.3) is 11.8 Å². The van der Waals surface area contributed by atoms with Gasteiger partial charge in [0, 0.05) is 12.4 Å². The van der Waals surface area contributed by atoms with Crippen LogP contribution >= 0.6 is 0 Å². The minimum atomic E-state index is 0.204. The minimum absolute atomic E-state index is 0.204. The Labute approximate surface area is 96.3 Å². The van der Waals surface area contributed by atoms with Crippen molar-refractivity contribution in [2.75, 3.05) is 7.11 Å². The lowest BCUT2D eigenvalue weighted by Gasteiger charge is -1.97. The van der Waals surface area contributed by atoms with Crippen molar-refractivity contribution >= 4 is 6.29 Å². The van der Waals surface area contributed by atoms with Gasteiger partial charge < -0.3 is 4.74 Å². The zero-order valence-electron chi connectivity index (χ0n) is 8.86. The quantitative estimate of drug-likeness (QED) is 0.705. The molecule has 0 aliphatic rings. The molecule has 7 nitrogen and oxygen atoms in total.